The predicted octanol–water partition coefficient (Wildman–Crippen LogP) is 1.76. The van der Waals surface area contributed by atoms with Gasteiger partial charge in [0.2, 0.25) is 0 Å². The van der Waals surface area contributed by atoms with Crippen LogP contribution in [0.4, 0.5) is 0 Å². The van der Waals surface area contributed by atoms with E-state index in [0.29, 0.717) is 0 Å². The molecule has 0 saturated carbocycles. The quantitative estimate of drug-likeness (QED) is 0.750. The number of nitrogens with zero attached hydrogens (tertiary/aromatic N) is 1. The molecule has 0 fully saturated rings. The SMILES string of the molecule is CCCn1cccc1CNC(C)(C)CO. The average Bonchev–Trinajstić information content (AvgIpc) is 2.64. The van der Waals surface area contributed by atoms with Gasteiger partial charge in [-0.15, -0.1) is 0 Å². The summed E-state index contributed by atoms with van der Waals surface area (Å²) in [5, 5.41) is 12.5. The van der Waals surface area contributed by atoms with Gasteiger partial charge in [-0.05, 0) is 32.4 Å². The van der Waals surface area contributed by atoms with Gasteiger partial charge in [-0.25, -0.2) is 0 Å². The van der Waals surface area contributed by atoms with Gasteiger partial charge in [0, 0.05) is 30.5 Å². The van der Waals surface area contributed by atoms with E-state index in [0.717, 1.165) is 19.5 Å². The van der Waals surface area contributed by atoms with Crippen LogP contribution in [0.3, 0.4) is 0 Å². The standard InChI is InChI=1S/C12H22N2O/c1-4-7-14-8-5-6-11(14)9-13-12(2,3)10-15/h5-6,8,13,15H,4,7,9-10H2,1-3H3. The Morgan fingerprint density at radius 2 is 2.20 bits per heavy atom. The molecule has 0 aliphatic rings. The Kier molecular flexibility index (Phi) is 4.36. The summed E-state index contributed by atoms with van der Waals surface area (Å²) in [7, 11) is 0. The van der Waals surface area contributed by atoms with Crippen molar-refractivity contribution in [2.75, 3.05) is 6.61 Å². The number of hydrogen-bond acceptors (Lipinski definition) is 2. The van der Waals surface area contributed by atoms with Crippen LogP contribution in [0.5, 0.6) is 0 Å². The van der Waals surface area contributed by atoms with Gasteiger partial charge in [-0.2, -0.15) is 0 Å². The normalized spacial score (nSPS) is 12.0. The van der Waals surface area contributed by atoms with E-state index in [2.05, 4.69) is 35.1 Å². The van der Waals surface area contributed by atoms with Crippen molar-refractivity contribution in [2.24, 2.45) is 0 Å². The van der Waals surface area contributed by atoms with Crippen LogP contribution in [-0.2, 0) is 13.1 Å². The third-order valence-corrected chi connectivity index (χ3v) is 2.53. The van der Waals surface area contributed by atoms with Crippen molar-refractivity contribution in [3.63, 3.8) is 0 Å². The molecule has 2 N–H and O–H groups in total. The molecule has 1 aromatic heterocycles. The first-order valence-corrected chi connectivity index (χ1v) is 5.59. The van der Waals surface area contributed by atoms with Gasteiger partial charge in [-0.3, -0.25) is 0 Å². The van der Waals surface area contributed by atoms with Crippen LogP contribution in [0.1, 0.15) is 32.9 Å². The summed E-state index contributed by atoms with van der Waals surface area (Å²) in [6.07, 6.45) is 3.25. The molecule has 0 atom stereocenters. The molecule has 1 rings (SSSR count). The van der Waals surface area contributed by atoms with E-state index in [4.69, 9.17) is 5.11 Å². The fourth-order valence-corrected chi connectivity index (χ4v) is 1.45. The number of aliphatic hydroxyl groups excluding tert-OH is 1. The molecule has 0 amide bonds. The van der Waals surface area contributed by atoms with Crippen LogP contribution in [0.25, 0.3) is 0 Å². The Labute approximate surface area is 92.1 Å². The maximum absolute atomic E-state index is 9.13. The topological polar surface area (TPSA) is 37.2 Å². The van der Waals surface area contributed by atoms with Crippen LogP contribution in [0.15, 0.2) is 18.3 Å². The Bertz CT molecular complexity index is 292. The maximum Gasteiger partial charge on any atom is 0.0607 e. The zero-order valence-corrected chi connectivity index (χ0v) is 9.95. The lowest BCUT2D eigenvalue weighted by Crippen LogP contribution is -2.42. The summed E-state index contributed by atoms with van der Waals surface area (Å²) >= 11 is 0. The highest BCUT2D eigenvalue weighted by Gasteiger charge is 2.15. The number of aromatic nitrogens is 1. The average molecular weight is 210 g/mol. The molecule has 0 aliphatic heterocycles. The van der Waals surface area contributed by atoms with E-state index >= 15 is 0 Å². The van der Waals surface area contributed by atoms with Crippen LogP contribution < -0.4 is 5.32 Å². The molecule has 0 aromatic carbocycles. The molecule has 0 saturated heterocycles. The monoisotopic (exact) mass is 210 g/mol. The molecule has 0 aliphatic carbocycles. The number of hydrogen-bond donors (Lipinski definition) is 2. The molecule has 0 radical (unpaired) electrons. The Morgan fingerprint density at radius 3 is 2.80 bits per heavy atom. The molecular formula is C12H22N2O. The van der Waals surface area contributed by atoms with E-state index in [9.17, 15) is 0 Å². The minimum absolute atomic E-state index is 0.154. The third kappa shape index (κ3) is 3.68. The second-order valence-electron chi connectivity index (χ2n) is 4.59. The maximum atomic E-state index is 9.13. The van der Waals surface area contributed by atoms with Crippen LogP contribution >= 0.6 is 0 Å². The van der Waals surface area contributed by atoms with Crippen molar-refractivity contribution in [1.29, 1.82) is 0 Å². The molecule has 0 spiro atoms. The fraction of sp³-hybridized carbons (Fsp3) is 0.667. The van der Waals surface area contributed by atoms with Crippen molar-refractivity contribution in [2.45, 2.75) is 45.8 Å². The number of rotatable bonds is 6. The summed E-state index contributed by atoms with van der Waals surface area (Å²) in [5.74, 6) is 0. The van der Waals surface area contributed by atoms with Crippen LogP contribution in [0.2, 0.25) is 0 Å². The van der Waals surface area contributed by atoms with Crippen LogP contribution in [-0.4, -0.2) is 21.8 Å². The van der Waals surface area contributed by atoms with E-state index in [1.54, 1.807) is 0 Å². The lowest BCUT2D eigenvalue weighted by Gasteiger charge is -2.24. The molecular weight excluding hydrogens is 188 g/mol. The number of aliphatic hydroxyl groups is 1. The van der Waals surface area contributed by atoms with E-state index in [1.165, 1.54) is 5.69 Å². The summed E-state index contributed by atoms with van der Waals surface area (Å²) in [4.78, 5) is 0. The van der Waals surface area contributed by atoms with Gasteiger partial charge in [-0.1, -0.05) is 6.92 Å². The van der Waals surface area contributed by atoms with E-state index in [-0.39, 0.29) is 12.1 Å². The van der Waals surface area contributed by atoms with Gasteiger partial charge < -0.3 is 15.0 Å². The molecule has 3 nitrogen and oxygen atoms in total. The summed E-state index contributed by atoms with van der Waals surface area (Å²) in [5.41, 5.74) is 1.07. The molecule has 0 bridgehead atoms. The second-order valence-corrected chi connectivity index (χ2v) is 4.59. The molecule has 3 heteroatoms. The molecule has 86 valence electrons. The molecule has 0 unspecified atom stereocenters. The molecule has 1 aromatic rings. The van der Waals surface area contributed by atoms with Gasteiger partial charge in [0.1, 0.15) is 0 Å². The van der Waals surface area contributed by atoms with Gasteiger partial charge in [0.05, 0.1) is 6.61 Å². The first kappa shape index (κ1) is 12.3. The zero-order chi connectivity index (χ0) is 11.3. The lowest BCUT2D eigenvalue weighted by molar-refractivity contribution is 0.186. The minimum atomic E-state index is -0.207. The second kappa shape index (κ2) is 5.33. The minimum Gasteiger partial charge on any atom is -0.394 e. The van der Waals surface area contributed by atoms with Crippen LogP contribution in [0, 0.1) is 0 Å². The van der Waals surface area contributed by atoms with Crippen molar-refractivity contribution < 1.29 is 5.11 Å². The first-order chi connectivity index (χ1) is 7.09. The van der Waals surface area contributed by atoms with E-state index < -0.39 is 0 Å². The Balaban J connectivity index is 2.53. The largest absolute Gasteiger partial charge is 0.394 e. The predicted molar refractivity (Wildman–Crippen MR) is 62.7 cm³/mol. The summed E-state index contributed by atoms with van der Waals surface area (Å²) in [6.45, 7) is 8.20. The summed E-state index contributed by atoms with van der Waals surface area (Å²) < 4.78 is 2.25. The number of aryl methyl sites for hydroxylation is 1. The van der Waals surface area contributed by atoms with Crippen molar-refractivity contribution in [3.05, 3.63) is 24.0 Å². The third-order valence-electron chi connectivity index (χ3n) is 2.53. The number of nitrogens with one attached hydrogen (secondary N) is 1. The fourth-order valence-electron chi connectivity index (χ4n) is 1.45. The lowest BCUT2D eigenvalue weighted by atomic mass is 10.1. The zero-order valence-electron chi connectivity index (χ0n) is 9.95. The highest BCUT2D eigenvalue weighted by atomic mass is 16.3. The van der Waals surface area contributed by atoms with Gasteiger partial charge in [0.15, 0.2) is 0 Å². The van der Waals surface area contributed by atoms with Crippen molar-refractivity contribution in [1.82, 2.24) is 9.88 Å². The Morgan fingerprint density at radius 1 is 1.47 bits per heavy atom. The highest BCUT2D eigenvalue weighted by Crippen LogP contribution is 2.06. The first-order valence-electron chi connectivity index (χ1n) is 5.59. The summed E-state index contributed by atoms with van der Waals surface area (Å²) in [6, 6.07) is 4.19. The van der Waals surface area contributed by atoms with Gasteiger partial charge >= 0.3 is 0 Å². The molecule has 1 heterocycles. The highest BCUT2D eigenvalue weighted by molar-refractivity contribution is 5.07. The smallest absolute Gasteiger partial charge is 0.0607 e. The Hall–Kier alpha value is -0.800. The van der Waals surface area contributed by atoms with Gasteiger partial charge in [0.25, 0.3) is 0 Å². The molecule has 15 heavy (non-hydrogen) atoms. The van der Waals surface area contributed by atoms with Crippen molar-refractivity contribution in [3.8, 4) is 0 Å². The van der Waals surface area contributed by atoms with E-state index in [1.807, 2.05) is 13.8 Å². The van der Waals surface area contributed by atoms with Crippen molar-refractivity contribution >= 4 is 0 Å².